The van der Waals surface area contributed by atoms with Crippen LogP contribution in [0, 0.1) is 11.8 Å². The van der Waals surface area contributed by atoms with Crippen molar-refractivity contribution in [1.82, 2.24) is 10.2 Å². The van der Waals surface area contributed by atoms with Crippen LogP contribution in [0.25, 0.3) is 0 Å². The highest BCUT2D eigenvalue weighted by Crippen LogP contribution is 2.31. The zero-order chi connectivity index (χ0) is 13.7. The lowest BCUT2D eigenvalue weighted by Gasteiger charge is -2.38. The van der Waals surface area contributed by atoms with E-state index in [1.165, 1.54) is 12.8 Å². The molecule has 0 aromatic carbocycles. The van der Waals surface area contributed by atoms with Gasteiger partial charge < -0.3 is 15.3 Å². The number of alkyl halides is 2. The maximum atomic E-state index is 12.3. The molecule has 0 aromatic heterocycles. The molecule has 0 radical (unpaired) electrons. The summed E-state index contributed by atoms with van der Waals surface area (Å²) >= 11 is 0. The second-order valence-corrected chi connectivity index (χ2v) is 6.13. The van der Waals surface area contributed by atoms with Crippen molar-refractivity contribution in [1.29, 1.82) is 0 Å². The van der Waals surface area contributed by atoms with Crippen LogP contribution in [0.3, 0.4) is 0 Å². The third-order valence-corrected chi connectivity index (χ3v) is 4.16. The monoisotopic (exact) mass is 276 g/mol. The fourth-order valence-electron chi connectivity index (χ4n) is 3.11. The van der Waals surface area contributed by atoms with Gasteiger partial charge in [-0.3, -0.25) is 0 Å². The summed E-state index contributed by atoms with van der Waals surface area (Å²) in [5.74, 6) is 1.38. The van der Waals surface area contributed by atoms with Crippen LogP contribution in [-0.4, -0.2) is 55.3 Å². The quantitative estimate of drug-likeness (QED) is 0.708. The topological polar surface area (TPSA) is 35.5 Å². The highest BCUT2D eigenvalue weighted by molar-refractivity contribution is 4.87. The van der Waals surface area contributed by atoms with Gasteiger partial charge in [0, 0.05) is 32.3 Å². The first-order chi connectivity index (χ1) is 9.17. The van der Waals surface area contributed by atoms with E-state index in [4.69, 9.17) is 5.11 Å². The van der Waals surface area contributed by atoms with Crippen molar-refractivity contribution in [2.24, 2.45) is 11.8 Å². The molecular weight excluding hydrogens is 250 g/mol. The molecule has 1 aliphatic heterocycles. The standard InChI is InChI=1S/C14H26F2N2O/c15-14(16)7-17-13-6-12(2-1-5-19)9-18(10-13)8-11-3-4-11/h11-14,17,19H,1-10H2. The molecule has 112 valence electrons. The summed E-state index contributed by atoms with van der Waals surface area (Å²) in [4.78, 5) is 2.44. The minimum atomic E-state index is -2.27. The molecule has 2 rings (SSSR count). The Bertz CT molecular complexity index is 262. The maximum Gasteiger partial charge on any atom is 0.250 e. The summed E-state index contributed by atoms with van der Waals surface area (Å²) in [6.45, 7) is 3.13. The Morgan fingerprint density at radius 3 is 2.63 bits per heavy atom. The van der Waals surface area contributed by atoms with E-state index in [1.54, 1.807) is 0 Å². The van der Waals surface area contributed by atoms with Gasteiger partial charge in [-0.25, -0.2) is 8.78 Å². The van der Waals surface area contributed by atoms with Crippen molar-refractivity contribution in [2.45, 2.75) is 44.6 Å². The van der Waals surface area contributed by atoms with Crippen molar-refractivity contribution >= 4 is 0 Å². The van der Waals surface area contributed by atoms with Gasteiger partial charge in [-0.1, -0.05) is 0 Å². The second-order valence-electron chi connectivity index (χ2n) is 6.13. The SMILES string of the molecule is OCCCC1CC(NCC(F)F)CN(CC2CC2)C1. The molecule has 5 heteroatoms. The first-order valence-electron chi connectivity index (χ1n) is 7.52. The number of rotatable bonds is 8. The smallest absolute Gasteiger partial charge is 0.250 e. The molecule has 2 N–H and O–H groups in total. The Morgan fingerprint density at radius 1 is 1.21 bits per heavy atom. The van der Waals surface area contributed by atoms with E-state index in [-0.39, 0.29) is 19.2 Å². The summed E-state index contributed by atoms with van der Waals surface area (Å²) < 4.78 is 24.6. The second kappa shape index (κ2) is 7.50. The molecular formula is C14H26F2N2O. The predicted molar refractivity (Wildman–Crippen MR) is 71.4 cm³/mol. The molecule has 3 nitrogen and oxygen atoms in total. The molecule has 1 aliphatic carbocycles. The van der Waals surface area contributed by atoms with E-state index in [0.717, 1.165) is 44.8 Å². The average Bonchev–Trinajstić information content (AvgIpc) is 3.17. The Kier molecular flexibility index (Phi) is 5.98. The first kappa shape index (κ1) is 15.1. The third kappa shape index (κ3) is 5.71. The molecule has 2 aliphatic rings. The lowest BCUT2D eigenvalue weighted by molar-refractivity contribution is 0.101. The minimum Gasteiger partial charge on any atom is -0.396 e. The first-order valence-corrected chi connectivity index (χ1v) is 7.52. The normalized spacial score (nSPS) is 29.1. The van der Waals surface area contributed by atoms with E-state index >= 15 is 0 Å². The van der Waals surface area contributed by atoms with Crippen molar-refractivity contribution in [3.8, 4) is 0 Å². The zero-order valence-corrected chi connectivity index (χ0v) is 11.5. The lowest BCUT2D eigenvalue weighted by Crippen LogP contribution is -2.50. The van der Waals surface area contributed by atoms with Crippen LogP contribution < -0.4 is 5.32 Å². The van der Waals surface area contributed by atoms with Crippen molar-refractivity contribution in [2.75, 3.05) is 32.8 Å². The molecule has 1 saturated heterocycles. The van der Waals surface area contributed by atoms with Gasteiger partial charge in [0.25, 0.3) is 6.43 Å². The molecule has 1 heterocycles. The highest BCUT2D eigenvalue weighted by Gasteiger charge is 2.31. The molecule has 1 saturated carbocycles. The van der Waals surface area contributed by atoms with Crippen molar-refractivity contribution in [3.05, 3.63) is 0 Å². The van der Waals surface area contributed by atoms with E-state index < -0.39 is 6.43 Å². The number of hydrogen-bond donors (Lipinski definition) is 2. The van der Waals surface area contributed by atoms with Crippen molar-refractivity contribution < 1.29 is 13.9 Å². The molecule has 2 unspecified atom stereocenters. The minimum absolute atomic E-state index is 0.185. The number of aliphatic hydroxyl groups excluding tert-OH is 1. The van der Waals surface area contributed by atoms with Crippen LogP contribution in [-0.2, 0) is 0 Å². The van der Waals surface area contributed by atoms with Gasteiger partial charge in [0.1, 0.15) is 0 Å². The fraction of sp³-hybridized carbons (Fsp3) is 1.00. The van der Waals surface area contributed by atoms with Gasteiger partial charge in [-0.2, -0.15) is 0 Å². The maximum absolute atomic E-state index is 12.3. The number of nitrogens with zero attached hydrogens (tertiary/aromatic N) is 1. The molecule has 19 heavy (non-hydrogen) atoms. The Labute approximate surface area is 114 Å². The molecule has 0 amide bonds. The van der Waals surface area contributed by atoms with Crippen LogP contribution in [0.5, 0.6) is 0 Å². The predicted octanol–water partition coefficient (Wildman–Crippen LogP) is 1.71. The Balaban J connectivity index is 1.79. The van der Waals surface area contributed by atoms with Crippen LogP contribution in [0.1, 0.15) is 32.1 Å². The summed E-state index contributed by atoms with van der Waals surface area (Å²) in [6, 6.07) is 0.185. The zero-order valence-electron chi connectivity index (χ0n) is 11.5. The summed E-state index contributed by atoms with van der Waals surface area (Å²) in [5, 5.41) is 11.9. The van der Waals surface area contributed by atoms with Crippen LogP contribution in [0.15, 0.2) is 0 Å². The summed E-state index contributed by atoms with van der Waals surface area (Å²) in [5.41, 5.74) is 0. The lowest BCUT2D eigenvalue weighted by atomic mass is 9.90. The molecule has 0 spiro atoms. The van der Waals surface area contributed by atoms with Gasteiger partial charge in [0.15, 0.2) is 0 Å². The number of likely N-dealkylation sites (tertiary alicyclic amines) is 1. The molecule has 2 atom stereocenters. The van der Waals surface area contributed by atoms with Gasteiger partial charge >= 0.3 is 0 Å². The average molecular weight is 276 g/mol. The Hall–Kier alpha value is -0.260. The van der Waals surface area contributed by atoms with Gasteiger partial charge in [0.2, 0.25) is 0 Å². The van der Waals surface area contributed by atoms with Gasteiger partial charge in [-0.05, 0) is 43.9 Å². The highest BCUT2D eigenvalue weighted by atomic mass is 19.3. The van der Waals surface area contributed by atoms with E-state index in [2.05, 4.69) is 10.2 Å². The van der Waals surface area contributed by atoms with E-state index in [0.29, 0.717) is 5.92 Å². The number of piperidine rings is 1. The number of halogens is 2. The number of aliphatic hydroxyl groups is 1. The van der Waals surface area contributed by atoms with Crippen molar-refractivity contribution in [3.63, 3.8) is 0 Å². The molecule has 0 bridgehead atoms. The number of nitrogens with one attached hydrogen (secondary N) is 1. The summed E-state index contributed by atoms with van der Waals surface area (Å²) in [7, 11) is 0. The van der Waals surface area contributed by atoms with Gasteiger partial charge in [0.05, 0.1) is 6.54 Å². The summed E-state index contributed by atoms with van der Waals surface area (Å²) in [6.07, 6.45) is 3.18. The Morgan fingerprint density at radius 2 is 2.00 bits per heavy atom. The van der Waals surface area contributed by atoms with Gasteiger partial charge in [-0.15, -0.1) is 0 Å². The fourth-order valence-corrected chi connectivity index (χ4v) is 3.11. The molecule has 2 fully saturated rings. The van der Waals surface area contributed by atoms with Crippen LogP contribution in [0.4, 0.5) is 8.78 Å². The van der Waals surface area contributed by atoms with E-state index in [1.807, 2.05) is 0 Å². The largest absolute Gasteiger partial charge is 0.396 e. The van der Waals surface area contributed by atoms with Crippen LogP contribution in [0.2, 0.25) is 0 Å². The van der Waals surface area contributed by atoms with Crippen LogP contribution >= 0.6 is 0 Å². The number of hydrogen-bond acceptors (Lipinski definition) is 3. The van der Waals surface area contributed by atoms with E-state index in [9.17, 15) is 8.78 Å². The molecule has 0 aromatic rings. The third-order valence-electron chi connectivity index (χ3n) is 4.16.